The average molecular weight is 600 g/mol. The quantitative estimate of drug-likeness (QED) is 0.168. The summed E-state index contributed by atoms with van der Waals surface area (Å²) in [5.74, 6) is -0.182. The van der Waals surface area contributed by atoms with Gasteiger partial charge in [-0.3, -0.25) is 9.59 Å². The maximum absolute atomic E-state index is 12.1. The molecule has 0 radical (unpaired) electrons. The van der Waals surface area contributed by atoms with E-state index in [2.05, 4.69) is 31.8 Å². The zero-order valence-corrected chi connectivity index (χ0v) is 22.1. The highest BCUT2D eigenvalue weighted by atomic mass is 79.9. The zero-order chi connectivity index (χ0) is 25.4. The number of carbonyl (C=O) groups excluding carboxylic acids is 2. The van der Waals surface area contributed by atoms with Crippen molar-refractivity contribution < 1.29 is 19.1 Å². The lowest BCUT2D eigenvalue weighted by Crippen LogP contribution is -2.24. The third kappa shape index (κ3) is 7.86. The molecule has 0 spiro atoms. The molecule has 0 heterocycles. The summed E-state index contributed by atoms with van der Waals surface area (Å²) in [6.07, 6.45) is 0.963. The van der Waals surface area contributed by atoms with Gasteiger partial charge in [-0.1, -0.05) is 53.0 Å². The highest BCUT2D eigenvalue weighted by Gasteiger charge is 2.13. The number of ether oxygens (including phenoxy) is 2. The fourth-order valence-electron chi connectivity index (χ4n) is 2.85. The van der Waals surface area contributed by atoms with Crippen LogP contribution in [0.25, 0.3) is 0 Å². The number of rotatable bonds is 9. The summed E-state index contributed by atoms with van der Waals surface area (Å²) < 4.78 is 12.0. The highest BCUT2D eigenvalue weighted by molar-refractivity contribution is 9.10. The predicted molar refractivity (Wildman–Crippen MR) is 142 cm³/mol. The Morgan fingerprint density at radius 3 is 2.51 bits per heavy atom. The number of amides is 2. The molecule has 3 aromatic rings. The molecule has 0 fully saturated rings. The number of hydrazone groups is 1. The van der Waals surface area contributed by atoms with Gasteiger partial charge >= 0.3 is 0 Å². The van der Waals surface area contributed by atoms with Crippen LogP contribution < -0.4 is 20.2 Å². The Labute approximate surface area is 225 Å². The molecule has 0 aliphatic carbocycles. The molecule has 182 valence electrons. The van der Waals surface area contributed by atoms with Gasteiger partial charge in [-0.15, -0.1) is 0 Å². The van der Waals surface area contributed by atoms with E-state index in [-0.39, 0.29) is 5.02 Å². The van der Waals surface area contributed by atoms with E-state index in [0.29, 0.717) is 43.9 Å². The number of halogens is 4. The van der Waals surface area contributed by atoms with Gasteiger partial charge in [0.25, 0.3) is 0 Å². The molecule has 0 aliphatic heterocycles. The molecule has 2 amide bonds. The molecule has 2 N–H and O–H groups in total. The Morgan fingerprint density at radius 1 is 1.06 bits per heavy atom. The minimum Gasteiger partial charge on any atom is -0.493 e. The predicted octanol–water partition coefficient (Wildman–Crippen LogP) is 6.48. The van der Waals surface area contributed by atoms with E-state index in [9.17, 15) is 9.59 Å². The molecule has 0 saturated heterocycles. The van der Waals surface area contributed by atoms with Crippen LogP contribution in [0.4, 0.5) is 5.69 Å². The average Bonchev–Trinajstić information content (AvgIpc) is 2.82. The van der Waals surface area contributed by atoms with Crippen molar-refractivity contribution in [2.75, 3.05) is 12.4 Å². The Morgan fingerprint density at radius 2 is 1.80 bits per heavy atom. The highest BCUT2D eigenvalue weighted by Crippen LogP contribution is 2.37. The fourth-order valence-corrected chi connectivity index (χ4v) is 3.90. The van der Waals surface area contributed by atoms with Crippen LogP contribution in [-0.2, 0) is 16.2 Å². The molecule has 11 heteroatoms. The summed E-state index contributed by atoms with van der Waals surface area (Å²) in [4.78, 5) is 24.2. The topological polar surface area (TPSA) is 89.0 Å². The van der Waals surface area contributed by atoms with Gasteiger partial charge in [0.2, 0.25) is 11.8 Å². The normalized spacial score (nSPS) is 10.8. The molecular weight excluding hydrogens is 581 g/mol. The molecule has 3 rings (SSSR count). The smallest absolute Gasteiger partial charge is 0.249 e. The summed E-state index contributed by atoms with van der Waals surface area (Å²) in [6.45, 7) is 0.318. The van der Waals surface area contributed by atoms with E-state index < -0.39 is 18.2 Å². The molecule has 0 aromatic heterocycles. The van der Waals surface area contributed by atoms with Gasteiger partial charge in [0.05, 0.1) is 33.5 Å². The fraction of sp³-hybridized carbons (Fsp3) is 0.125. The van der Waals surface area contributed by atoms with Crippen LogP contribution in [0.5, 0.6) is 11.5 Å². The number of methoxy groups -OCH3 is 1. The van der Waals surface area contributed by atoms with Crippen LogP contribution >= 0.6 is 50.7 Å². The molecule has 0 bridgehead atoms. The van der Waals surface area contributed by atoms with Gasteiger partial charge in [-0.2, -0.15) is 5.10 Å². The minimum atomic E-state index is -0.606. The largest absolute Gasteiger partial charge is 0.493 e. The van der Waals surface area contributed by atoms with E-state index in [4.69, 9.17) is 44.3 Å². The van der Waals surface area contributed by atoms with Gasteiger partial charge in [-0.25, -0.2) is 5.43 Å². The standard InChI is InChI=1S/C24H19BrCl3N3O4/c1-34-20-10-15(9-17(25)24(20)35-13-14-5-7-16(26)8-6-14)12-29-31-22(33)11-21(32)30-19-4-2-3-18(27)23(19)28/h2-10,12H,11,13H2,1H3,(H,30,32)(H,31,33). The third-order valence-electron chi connectivity index (χ3n) is 4.50. The summed E-state index contributed by atoms with van der Waals surface area (Å²) in [6, 6.07) is 15.6. The summed E-state index contributed by atoms with van der Waals surface area (Å²) in [5.41, 5.74) is 4.20. The molecular formula is C24H19BrCl3N3O4. The molecule has 0 unspecified atom stereocenters. The molecule has 0 atom stereocenters. The van der Waals surface area contributed by atoms with Crippen LogP contribution in [0.2, 0.25) is 15.1 Å². The Balaban J connectivity index is 1.57. The van der Waals surface area contributed by atoms with E-state index in [1.165, 1.54) is 13.3 Å². The Hall–Kier alpha value is -2.78. The van der Waals surface area contributed by atoms with Crippen molar-refractivity contribution in [1.29, 1.82) is 0 Å². The van der Waals surface area contributed by atoms with Gasteiger partial charge in [-0.05, 0) is 63.5 Å². The maximum atomic E-state index is 12.1. The van der Waals surface area contributed by atoms with Crippen molar-refractivity contribution in [2.45, 2.75) is 13.0 Å². The van der Waals surface area contributed by atoms with E-state index in [1.807, 2.05) is 12.1 Å². The van der Waals surface area contributed by atoms with Crippen molar-refractivity contribution in [3.05, 3.63) is 85.3 Å². The first-order chi connectivity index (χ1) is 16.8. The van der Waals surface area contributed by atoms with Crippen LogP contribution in [-0.4, -0.2) is 25.1 Å². The number of hydrogen-bond acceptors (Lipinski definition) is 5. The number of anilines is 1. The number of carbonyl (C=O) groups is 2. The van der Waals surface area contributed by atoms with E-state index in [1.54, 1.807) is 42.5 Å². The van der Waals surface area contributed by atoms with Crippen molar-refractivity contribution in [3.63, 3.8) is 0 Å². The van der Waals surface area contributed by atoms with Gasteiger partial charge in [0.15, 0.2) is 11.5 Å². The first kappa shape index (κ1) is 26.8. The lowest BCUT2D eigenvalue weighted by molar-refractivity contribution is -0.126. The number of nitrogens with zero attached hydrogens (tertiary/aromatic N) is 1. The van der Waals surface area contributed by atoms with Crippen LogP contribution in [0.15, 0.2) is 64.2 Å². The monoisotopic (exact) mass is 597 g/mol. The van der Waals surface area contributed by atoms with Crippen molar-refractivity contribution >= 4 is 74.4 Å². The van der Waals surface area contributed by atoms with Gasteiger partial charge in [0, 0.05) is 5.02 Å². The first-order valence-electron chi connectivity index (χ1n) is 10.1. The zero-order valence-electron chi connectivity index (χ0n) is 18.3. The molecule has 0 saturated carbocycles. The second kappa shape index (κ2) is 12.8. The van der Waals surface area contributed by atoms with Crippen LogP contribution in [0.3, 0.4) is 0 Å². The van der Waals surface area contributed by atoms with Gasteiger partial charge < -0.3 is 14.8 Å². The van der Waals surface area contributed by atoms with Gasteiger partial charge in [0.1, 0.15) is 13.0 Å². The van der Waals surface area contributed by atoms with Crippen LogP contribution in [0.1, 0.15) is 17.5 Å². The van der Waals surface area contributed by atoms with Crippen molar-refractivity contribution in [1.82, 2.24) is 5.43 Å². The van der Waals surface area contributed by atoms with Crippen molar-refractivity contribution in [2.24, 2.45) is 5.10 Å². The number of hydrogen-bond donors (Lipinski definition) is 2. The van der Waals surface area contributed by atoms with Crippen LogP contribution in [0, 0.1) is 0 Å². The third-order valence-corrected chi connectivity index (χ3v) is 6.16. The maximum Gasteiger partial charge on any atom is 0.249 e. The lowest BCUT2D eigenvalue weighted by Gasteiger charge is -2.13. The summed E-state index contributed by atoms with van der Waals surface area (Å²) in [5, 5.41) is 7.57. The number of benzene rings is 3. The summed E-state index contributed by atoms with van der Waals surface area (Å²) >= 11 is 21.3. The molecule has 35 heavy (non-hydrogen) atoms. The van der Waals surface area contributed by atoms with Crippen molar-refractivity contribution in [3.8, 4) is 11.5 Å². The first-order valence-corrected chi connectivity index (χ1v) is 12.0. The molecule has 3 aromatic carbocycles. The molecule has 7 nitrogen and oxygen atoms in total. The SMILES string of the molecule is COc1cc(C=NNC(=O)CC(=O)Nc2cccc(Cl)c2Cl)cc(Br)c1OCc1ccc(Cl)cc1. The molecule has 0 aliphatic rings. The van der Waals surface area contributed by atoms with E-state index in [0.717, 1.165) is 5.56 Å². The minimum absolute atomic E-state index is 0.195. The second-order valence-electron chi connectivity index (χ2n) is 7.07. The second-order valence-corrected chi connectivity index (χ2v) is 9.14. The van der Waals surface area contributed by atoms with E-state index >= 15 is 0 Å². The Bertz CT molecular complexity index is 1250. The summed E-state index contributed by atoms with van der Waals surface area (Å²) in [7, 11) is 1.52. The lowest BCUT2D eigenvalue weighted by atomic mass is 10.2. The number of nitrogens with one attached hydrogen (secondary N) is 2. The Kier molecular flexibility index (Phi) is 9.80.